The molecule has 5 heteroatoms. The van der Waals surface area contributed by atoms with Crippen LogP contribution >= 0.6 is 0 Å². The van der Waals surface area contributed by atoms with Gasteiger partial charge in [0.25, 0.3) is 5.91 Å². The number of hydrogen-bond acceptors (Lipinski definition) is 3. The Morgan fingerprint density at radius 3 is 2.29 bits per heavy atom. The van der Waals surface area contributed by atoms with E-state index in [4.69, 9.17) is 9.94 Å². The SMILES string of the molecule is O=C(O)c1ccc(C(=O)NOCc2cccc3ccccc23)cc1. The van der Waals surface area contributed by atoms with E-state index in [0.717, 1.165) is 16.3 Å². The third-order valence-corrected chi connectivity index (χ3v) is 3.67. The molecule has 0 aliphatic heterocycles. The average Bonchev–Trinajstić information content (AvgIpc) is 2.62. The van der Waals surface area contributed by atoms with Crippen LogP contribution in [0.25, 0.3) is 10.8 Å². The number of carbonyl (C=O) groups is 2. The summed E-state index contributed by atoms with van der Waals surface area (Å²) in [6, 6.07) is 19.5. The highest BCUT2D eigenvalue weighted by molar-refractivity contribution is 5.95. The zero-order valence-electron chi connectivity index (χ0n) is 12.7. The first-order valence-electron chi connectivity index (χ1n) is 7.37. The molecule has 0 aromatic heterocycles. The summed E-state index contributed by atoms with van der Waals surface area (Å²) in [5, 5.41) is 11.0. The third-order valence-electron chi connectivity index (χ3n) is 3.67. The van der Waals surface area contributed by atoms with Gasteiger partial charge in [-0.1, -0.05) is 42.5 Å². The lowest BCUT2D eigenvalue weighted by molar-refractivity contribution is 0.0237. The molecule has 0 spiro atoms. The highest BCUT2D eigenvalue weighted by Gasteiger charge is 2.08. The van der Waals surface area contributed by atoms with Crippen molar-refractivity contribution in [2.75, 3.05) is 0 Å². The van der Waals surface area contributed by atoms with Crippen molar-refractivity contribution < 1.29 is 19.5 Å². The number of carboxylic acid groups (broad SMARTS) is 1. The van der Waals surface area contributed by atoms with Gasteiger partial charge in [-0.2, -0.15) is 0 Å². The number of hydroxylamine groups is 1. The summed E-state index contributed by atoms with van der Waals surface area (Å²) in [6.07, 6.45) is 0. The van der Waals surface area contributed by atoms with Crippen LogP contribution in [0, 0.1) is 0 Å². The Morgan fingerprint density at radius 1 is 0.875 bits per heavy atom. The van der Waals surface area contributed by atoms with Gasteiger partial charge in [0, 0.05) is 5.56 Å². The molecular weight excluding hydrogens is 306 g/mol. The second-order valence-electron chi connectivity index (χ2n) is 5.24. The van der Waals surface area contributed by atoms with Gasteiger partial charge < -0.3 is 5.11 Å². The molecule has 2 N–H and O–H groups in total. The summed E-state index contributed by atoms with van der Waals surface area (Å²) in [5.74, 6) is -1.46. The maximum Gasteiger partial charge on any atom is 0.335 e. The molecular formula is C19H15NO4. The van der Waals surface area contributed by atoms with Crippen LogP contribution in [0.3, 0.4) is 0 Å². The summed E-state index contributed by atoms with van der Waals surface area (Å²) >= 11 is 0. The molecule has 0 saturated carbocycles. The van der Waals surface area contributed by atoms with Crippen LogP contribution in [-0.2, 0) is 11.4 Å². The first-order chi connectivity index (χ1) is 11.6. The Hall–Kier alpha value is -3.18. The van der Waals surface area contributed by atoms with Crippen LogP contribution in [-0.4, -0.2) is 17.0 Å². The van der Waals surface area contributed by atoms with Gasteiger partial charge in [-0.25, -0.2) is 10.3 Å². The lowest BCUT2D eigenvalue weighted by Crippen LogP contribution is -2.23. The normalized spacial score (nSPS) is 10.5. The van der Waals surface area contributed by atoms with E-state index in [-0.39, 0.29) is 12.2 Å². The molecule has 0 unspecified atom stereocenters. The predicted molar refractivity (Wildman–Crippen MR) is 89.6 cm³/mol. The van der Waals surface area contributed by atoms with Gasteiger partial charge in [-0.05, 0) is 40.6 Å². The van der Waals surface area contributed by atoms with Crippen molar-refractivity contribution >= 4 is 22.6 Å². The Kier molecular flexibility index (Phi) is 4.54. The van der Waals surface area contributed by atoms with Crippen molar-refractivity contribution in [3.63, 3.8) is 0 Å². The summed E-state index contributed by atoms with van der Waals surface area (Å²) < 4.78 is 0. The molecule has 0 radical (unpaired) electrons. The number of carboxylic acids is 1. The molecule has 5 nitrogen and oxygen atoms in total. The minimum Gasteiger partial charge on any atom is -0.478 e. The molecule has 120 valence electrons. The molecule has 0 fully saturated rings. The minimum absolute atomic E-state index is 0.128. The number of amides is 1. The number of hydrogen-bond donors (Lipinski definition) is 2. The minimum atomic E-state index is -1.03. The monoisotopic (exact) mass is 321 g/mol. The van der Waals surface area contributed by atoms with Crippen LogP contribution < -0.4 is 5.48 Å². The highest BCUT2D eigenvalue weighted by Crippen LogP contribution is 2.18. The van der Waals surface area contributed by atoms with Crippen molar-refractivity contribution in [2.24, 2.45) is 0 Å². The van der Waals surface area contributed by atoms with Crippen molar-refractivity contribution in [1.82, 2.24) is 5.48 Å². The van der Waals surface area contributed by atoms with Crippen LogP contribution in [0.4, 0.5) is 0 Å². The Balaban J connectivity index is 1.63. The molecule has 1 amide bonds. The van der Waals surface area contributed by atoms with Gasteiger partial charge in [0.05, 0.1) is 5.56 Å². The standard InChI is InChI=1S/C19H15NO4/c21-18(14-8-10-15(11-9-14)19(22)23)20-24-12-16-6-3-5-13-4-1-2-7-17(13)16/h1-11H,12H2,(H,20,21)(H,22,23). The van der Waals surface area contributed by atoms with E-state index in [2.05, 4.69) is 5.48 Å². The molecule has 0 saturated heterocycles. The lowest BCUT2D eigenvalue weighted by Gasteiger charge is -2.08. The maximum atomic E-state index is 12.0. The van der Waals surface area contributed by atoms with E-state index in [1.54, 1.807) is 0 Å². The van der Waals surface area contributed by atoms with E-state index < -0.39 is 11.9 Å². The predicted octanol–water partition coefficient (Wildman–Crippen LogP) is 3.40. The second-order valence-corrected chi connectivity index (χ2v) is 5.24. The maximum absolute atomic E-state index is 12.0. The Labute approximate surface area is 138 Å². The number of carbonyl (C=O) groups excluding carboxylic acids is 1. The largest absolute Gasteiger partial charge is 0.478 e. The van der Waals surface area contributed by atoms with Crippen LogP contribution in [0.5, 0.6) is 0 Å². The van der Waals surface area contributed by atoms with Crippen molar-refractivity contribution in [1.29, 1.82) is 0 Å². The summed E-state index contributed by atoms with van der Waals surface area (Å²) in [5.41, 5.74) is 3.80. The molecule has 24 heavy (non-hydrogen) atoms. The molecule has 3 aromatic rings. The summed E-state index contributed by atoms with van der Waals surface area (Å²) in [6.45, 7) is 0.236. The molecule has 3 aromatic carbocycles. The van der Waals surface area contributed by atoms with Gasteiger partial charge in [0.2, 0.25) is 0 Å². The van der Waals surface area contributed by atoms with Gasteiger partial charge in [0.15, 0.2) is 0 Å². The molecule has 0 aliphatic carbocycles. The van der Waals surface area contributed by atoms with Crippen molar-refractivity contribution in [3.05, 3.63) is 83.4 Å². The first kappa shape index (κ1) is 15.7. The van der Waals surface area contributed by atoms with E-state index in [1.165, 1.54) is 24.3 Å². The fourth-order valence-corrected chi connectivity index (χ4v) is 2.42. The van der Waals surface area contributed by atoms with E-state index in [0.29, 0.717) is 5.56 Å². The molecule has 0 heterocycles. The average molecular weight is 321 g/mol. The summed E-state index contributed by atoms with van der Waals surface area (Å²) in [4.78, 5) is 28.1. The number of nitrogens with one attached hydrogen (secondary N) is 1. The fraction of sp³-hybridized carbons (Fsp3) is 0.0526. The molecule has 0 aliphatic rings. The fourth-order valence-electron chi connectivity index (χ4n) is 2.42. The van der Waals surface area contributed by atoms with Crippen LogP contribution in [0.1, 0.15) is 26.3 Å². The smallest absolute Gasteiger partial charge is 0.335 e. The molecule has 0 atom stereocenters. The first-order valence-corrected chi connectivity index (χ1v) is 7.37. The highest BCUT2D eigenvalue weighted by atomic mass is 16.6. The van der Waals surface area contributed by atoms with Crippen LogP contribution in [0.2, 0.25) is 0 Å². The van der Waals surface area contributed by atoms with Gasteiger partial charge in [-0.15, -0.1) is 0 Å². The zero-order valence-corrected chi connectivity index (χ0v) is 12.7. The topological polar surface area (TPSA) is 75.6 Å². The number of fused-ring (bicyclic) bond motifs is 1. The number of aromatic carboxylic acids is 1. The number of rotatable bonds is 5. The Bertz CT molecular complexity index is 882. The van der Waals surface area contributed by atoms with E-state index in [1.807, 2.05) is 42.5 Å². The summed E-state index contributed by atoms with van der Waals surface area (Å²) in [7, 11) is 0. The third kappa shape index (κ3) is 3.42. The van der Waals surface area contributed by atoms with Gasteiger partial charge >= 0.3 is 5.97 Å². The van der Waals surface area contributed by atoms with E-state index >= 15 is 0 Å². The van der Waals surface area contributed by atoms with Crippen LogP contribution in [0.15, 0.2) is 66.7 Å². The molecule has 3 rings (SSSR count). The van der Waals surface area contributed by atoms with E-state index in [9.17, 15) is 9.59 Å². The number of benzene rings is 3. The van der Waals surface area contributed by atoms with Crippen molar-refractivity contribution in [2.45, 2.75) is 6.61 Å². The second kappa shape index (κ2) is 6.93. The lowest BCUT2D eigenvalue weighted by atomic mass is 10.1. The van der Waals surface area contributed by atoms with Gasteiger partial charge in [0.1, 0.15) is 6.61 Å². The Morgan fingerprint density at radius 2 is 1.54 bits per heavy atom. The molecule has 0 bridgehead atoms. The van der Waals surface area contributed by atoms with Crippen molar-refractivity contribution in [3.8, 4) is 0 Å². The van der Waals surface area contributed by atoms with Gasteiger partial charge in [-0.3, -0.25) is 9.63 Å². The zero-order chi connectivity index (χ0) is 16.9. The quantitative estimate of drug-likeness (QED) is 0.706.